The van der Waals surface area contributed by atoms with Crippen LogP contribution in [0.1, 0.15) is 29.7 Å². The molecule has 0 amide bonds. The standard InChI is InChI=1S/C18H18ClN3/c19-14-6-3-5-13(10-14)17-15(18-20-8-9-21-18)11-12-4-1-2-7-16(12)22-17/h3,5-6,10-11H,1-2,4,7-9H2,(H,20,21). The van der Waals surface area contributed by atoms with Gasteiger partial charge >= 0.3 is 0 Å². The summed E-state index contributed by atoms with van der Waals surface area (Å²) in [7, 11) is 0. The first-order chi connectivity index (χ1) is 10.8. The number of aromatic nitrogens is 1. The SMILES string of the molecule is Clc1cccc(-c2nc3c(cc2C2=NCCN2)CCCC3)c1. The van der Waals surface area contributed by atoms with Crippen molar-refractivity contribution >= 4 is 17.4 Å². The zero-order valence-corrected chi connectivity index (χ0v) is 13.2. The molecular formula is C18H18ClN3. The predicted molar refractivity (Wildman–Crippen MR) is 90.7 cm³/mol. The first-order valence-electron chi connectivity index (χ1n) is 7.89. The number of nitrogens with zero attached hydrogens (tertiary/aromatic N) is 2. The summed E-state index contributed by atoms with van der Waals surface area (Å²) in [5.74, 6) is 0.968. The summed E-state index contributed by atoms with van der Waals surface area (Å²) in [6, 6.07) is 10.2. The van der Waals surface area contributed by atoms with Crippen LogP contribution in [0.2, 0.25) is 5.02 Å². The maximum atomic E-state index is 6.18. The second-order valence-corrected chi connectivity index (χ2v) is 6.30. The van der Waals surface area contributed by atoms with Gasteiger partial charge < -0.3 is 5.32 Å². The van der Waals surface area contributed by atoms with Gasteiger partial charge in [-0.3, -0.25) is 9.98 Å². The van der Waals surface area contributed by atoms with E-state index in [0.29, 0.717) is 0 Å². The first-order valence-corrected chi connectivity index (χ1v) is 8.26. The Labute approximate surface area is 135 Å². The van der Waals surface area contributed by atoms with Crippen molar-refractivity contribution in [2.45, 2.75) is 25.7 Å². The molecule has 2 aliphatic rings. The van der Waals surface area contributed by atoms with Crippen molar-refractivity contribution in [3.63, 3.8) is 0 Å². The third kappa shape index (κ3) is 2.50. The van der Waals surface area contributed by atoms with Crippen molar-refractivity contribution in [2.75, 3.05) is 13.1 Å². The van der Waals surface area contributed by atoms with E-state index < -0.39 is 0 Å². The lowest BCUT2D eigenvalue weighted by atomic mass is 9.92. The lowest BCUT2D eigenvalue weighted by Crippen LogP contribution is -2.22. The number of halogens is 1. The molecule has 0 fully saturated rings. The molecule has 0 saturated carbocycles. The fourth-order valence-corrected chi connectivity index (χ4v) is 3.44. The third-order valence-corrected chi connectivity index (χ3v) is 4.56. The highest BCUT2D eigenvalue weighted by atomic mass is 35.5. The quantitative estimate of drug-likeness (QED) is 0.919. The highest BCUT2D eigenvalue weighted by molar-refractivity contribution is 6.30. The summed E-state index contributed by atoms with van der Waals surface area (Å²) in [4.78, 5) is 9.59. The van der Waals surface area contributed by atoms with Crippen LogP contribution in [-0.4, -0.2) is 23.9 Å². The molecular weight excluding hydrogens is 294 g/mol. The van der Waals surface area contributed by atoms with Crippen LogP contribution >= 0.6 is 11.6 Å². The molecule has 0 bridgehead atoms. The second kappa shape index (κ2) is 5.73. The molecule has 3 nitrogen and oxygen atoms in total. The van der Waals surface area contributed by atoms with Crippen molar-refractivity contribution in [2.24, 2.45) is 4.99 Å². The van der Waals surface area contributed by atoms with Gasteiger partial charge in [0.1, 0.15) is 5.84 Å². The van der Waals surface area contributed by atoms with Gasteiger partial charge in [-0.15, -0.1) is 0 Å². The number of amidine groups is 1. The van der Waals surface area contributed by atoms with Gasteiger partial charge in [-0.05, 0) is 49.4 Å². The number of hydrogen-bond acceptors (Lipinski definition) is 3. The Morgan fingerprint density at radius 1 is 1.09 bits per heavy atom. The van der Waals surface area contributed by atoms with Crippen molar-refractivity contribution in [3.05, 3.63) is 52.2 Å². The van der Waals surface area contributed by atoms with E-state index in [0.717, 1.165) is 53.6 Å². The monoisotopic (exact) mass is 311 g/mol. The van der Waals surface area contributed by atoms with Crippen molar-refractivity contribution in [3.8, 4) is 11.3 Å². The van der Waals surface area contributed by atoms with E-state index in [2.05, 4.69) is 22.4 Å². The molecule has 0 radical (unpaired) electrons. The summed E-state index contributed by atoms with van der Waals surface area (Å²) < 4.78 is 0. The predicted octanol–water partition coefficient (Wildman–Crippen LogP) is 3.63. The molecule has 22 heavy (non-hydrogen) atoms. The number of pyridine rings is 1. The van der Waals surface area contributed by atoms with Gasteiger partial charge in [0.15, 0.2) is 0 Å². The summed E-state index contributed by atoms with van der Waals surface area (Å²) in [6.07, 6.45) is 4.68. The molecule has 0 atom stereocenters. The Morgan fingerprint density at radius 3 is 2.82 bits per heavy atom. The Hall–Kier alpha value is -1.87. The van der Waals surface area contributed by atoms with Gasteiger partial charge in [-0.1, -0.05) is 23.7 Å². The Morgan fingerprint density at radius 2 is 2.00 bits per heavy atom. The Balaban J connectivity index is 1.90. The molecule has 1 aromatic heterocycles. The lowest BCUT2D eigenvalue weighted by Gasteiger charge is -2.19. The molecule has 2 heterocycles. The van der Waals surface area contributed by atoms with Crippen LogP contribution in [0.3, 0.4) is 0 Å². The van der Waals surface area contributed by atoms with Crippen molar-refractivity contribution in [1.82, 2.24) is 10.3 Å². The second-order valence-electron chi connectivity index (χ2n) is 5.86. The summed E-state index contributed by atoms with van der Waals surface area (Å²) >= 11 is 6.18. The average Bonchev–Trinajstić information content (AvgIpc) is 3.08. The van der Waals surface area contributed by atoms with Gasteiger partial charge in [-0.2, -0.15) is 0 Å². The molecule has 1 aromatic carbocycles. The highest BCUT2D eigenvalue weighted by Crippen LogP contribution is 2.30. The van der Waals surface area contributed by atoms with E-state index in [1.165, 1.54) is 24.1 Å². The molecule has 112 valence electrons. The maximum Gasteiger partial charge on any atom is 0.130 e. The highest BCUT2D eigenvalue weighted by Gasteiger charge is 2.20. The minimum Gasteiger partial charge on any atom is -0.368 e. The largest absolute Gasteiger partial charge is 0.368 e. The Bertz CT molecular complexity index is 752. The molecule has 0 unspecified atom stereocenters. The van der Waals surface area contributed by atoms with E-state index in [4.69, 9.17) is 16.6 Å². The average molecular weight is 312 g/mol. The molecule has 1 aliphatic carbocycles. The summed E-state index contributed by atoms with van der Waals surface area (Å²) in [5.41, 5.74) is 5.79. The van der Waals surface area contributed by atoms with Crippen LogP contribution in [-0.2, 0) is 12.8 Å². The van der Waals surface area contributed by atoms with E-state index in [-0.39, 0.29) is 0 Å². The van der Waals surface area contributed by atoms with Crippen molar-refractivity contribution < 1.29 is 0 Å². The number of aliphatic imine (C=N–C) groups is 1. The van der Waals surface area contributed by atoms with Crippen LogP contribution in [0.15, 0.2) is 35.3 Å². The molecule has 1 N–H and O–H groups in total. The van der Waals surface area contributed by atoms with Gasteiger partial charge in [0, 0.05) is 28.4 Å². The fourth-order valence-electron chi connectivity index (χ4n) is 3.25. The molecule has 4 heteroatoms. The number of benzene rings is 1. The van der Waals surface area contributed by atoms with Crippen LogP contribution in [0.25, 0.3) is 11.3 Å². The number of hydrogen-bond donors (Lipinski definition) is 1. The first kappa shape index (κ1) is 13.8. The maximum absolute atomic E-state index is 6.18. The van der Waals surface area contributed by atoms with Gasteiger partial charge in [0.05, 0.1) is 12.2 Å². The van der Waals surface area contributed by atoms with Gasteiger partial charge in [0.2, 0.25) is 0 Å². The van der Waals surface area contributed by atoms with Crippen LogP contribution < -0.4 is 5.32 Å². The zero-order valence-electron chi connectivity index (χ0n) is 12.4. The van der Waals surface area contributed by atoms with Crippen LogP contribution in [0, 0.1) is 0 Å². The molecule has 0 spiro atoms. The third-order valence-electron chi connectivity index (χ3n) is 4.33. The molecule has 0 saturated heterocycles. The molecule has 1 aliphatic heterocycles. The van der Waals surface area contributed by atoms with Crippen molar-refractivity contribution in [1.29, 1.82) is 0 Å². The van der Waals surface area contributed by atoms with Gasteiger partial charge in [-0.25, -0.2) is 0 Å². The van der Waals surface area contributed by atoms with Crippen LogP contribution in [0.5, 0.6) is 0 Å². The lowest BCUT2D eigenvalue weighted by molar-refractivity contribution is 0.668. The smallest absolute Gasteiger partial charge is 0.130 e. The Kier molecular flexibility index (Phi) is 3.59. The zero-order chi connectivity index (χ0) is 14.9. The number of nitrogens with one attached hydrogen (secondary N) is 1. The van der Waals surface area contributed by atoms with E-state index in [9.17, 15) is 0 Å². The molecule has 4 rings (SSSR count). The number of rotatable bonds is 2. The van der Waals surface area contributed by atoms with Crippen LogP contribution in [0.4, 0.5) is 0 Å². The normalized spacial score (nSPS) is 16.9. The minimum absolute atomic E-state index is 0.740. The topological polar surface area (TPSA) is 37.3 Å². The van der Waals surface area contributed by atoms with E-state index >= 15 is 0 Å². The summed E-state index contributed by atoms with van der Waals surface area (Å²) in [6.45, 7) is 1.74. The summed E-state index contributed by atoms with van der Waals surface area (Å²) in [5, 5.41) is 4.12. The molecule has 2 aromatic rings. The van der Waals surface area contributed by atoms with E-state index in [1.54, 1.807) is 0 Å². The number of aryl methyl sites for hydroxylation is 2. The van der Waals surface area contributed by atoms with E-state index in [1.807, 2.05) is 18.2 Å². The minimum atomic E-state index is 0.740. The number of fused-ring (bicyclic) bond motifs is 1. The van der Waals surface area contributed by atoms with Gasteiger partial charge in [0.25, 0.3) is 0 Å². The fraction of sp³-hybridized carbons (Fsp3) is 0.333.